The molecule has 10 N–H and O–H groups in total. The molecule has 0 radical (unpaired) electrons. The Morgan fingerprint density at radius 3 is 1.36 bits per heavy atom. The van der Waals surface area contributed by atoms with Crippen LogP contribution in [0.2, 0.25) is 0 Å². The SMILES string of the molecule is OCC1OC(C#Cc2ccc3c(c2)C2(CC(O)C(O)C2)c2cc(C#CC4OC(CO)[C@@H](O)C(O)C4O)ccc2-3)C(O)C(O)[C@@H]1O. The van der Waals surface area contributed by atoms with Crippen LogP contribution in [0.25, 0.3) is 11.1 Å². The highest BCUT2D eigenvalue weighted by Gasteiger charge is 2.52. The lowest BCUT2D eigenvalue weighted by Crippen LogP contribution is -2.58. The van der Waals surface area contributed by atoms with Crippen molar-refractivity contribution in [3.05, 3.63) is 58.7 Å². The Bertz CT molecular complexity index is 1430. The van der Waals surface area contributed by atoms with Gasteiger partial charge >= 0.3 is 0 Å². The van der Waals surface area contributed by atoms with Crippen LogP contribution in [0.3, 0.4) is 0 Å². The van der Waals surface area contributed by atoms with Gasteiger partial charge in [0.2, 0.25) is 0 Å². The fourth-order valence-electron chi connectivity index (χ4n) is 6.91. The molecule has 4 aliphatic rings. The minimum Gasteiger partial charge on any atom is -0.394 e. The number of aliphatic hydroxyl groups is 10. The summed E-state index contributed by atoms with van der Waals surface area (Å²) < 4.78 is 11.0. The van der Waals surface area contributed by atoms with E-state index in [0.717, 1.165) is 22.3 Å². The molecule has 2 saturated heterocycles. The third-order valence-corrected chi connectivity index (χ3v) is 9.42. The molecular weight excluding hydrogens is 588 g/mol. The van der Waals surface area contributed by atoms with Crippen molar-refractivity contribution >= 4 is 0 Å². The maximum Gasteiger partial charge on any atom is 0.147 e. The normalized spacial score (nSPS) is 40.2. The molecular formula is C33H36O12. The van der Waals surface area contributed by atoms with Crippen molar-refractivity contribution in [3.63, 3.8) is 0 Å². The van der Waals surface area contributed by atoms with Crippen molar-refractivity contribution in [2.45, 2.75) is 91.5 Å². The molecule has 6 rings (SSSR count). The van der Waals surface area contributed by atoms with Gasteiger partial charge in [0.1, 0.15) is 61.0 Å². The summed E-state index contributed by atoms with van der Waals surface area (Å²) in [7, 11) is 0. The molecule has 2 aliphatic carbocycles. The van der Waals surface area contributed by atoms with Crippen LogP contribution in [0.5, 0.6) is 0 Å². The first-order chi connectivity index (χ1) is 21.5. The summed E-state index contributed by atoms with van der Waals surface area (Å²) in [6.07, 6.45) is -15.1. The number of hydrogen-bond acceptors (Lipinski definition) is 12. The Morgan fingerprint density at radius 2 is 0.978 bits per heavy atom. The largest absolute Gasteiger partial charge is 0.394 e. The minimum atomic E-state index is -1.55. The highest BCUT2D eigenvalue weighted by Crippen LogP contribution is 2.57. The topological polar surface area (TPSA) is 221 Å². The van der Waals surface area contributed by atoms with Gasteiger partial charge in [-0.25, -0.2) is 0 Å². The molecule has 1 spiro atoms. The zero-order valence-corrected chi connectivity index (χ0v) is 24.0. The Labute approximate surface area is 258 Å². The van der Waals surface area contributed by atoms with E-state index in [0.29, 0.717) is 11.1 Å². The maximum atomic E-state index is 10.7. The predicted molar refractivity (Wildman–Crippen MR) is 155 cm³/mol. The van der Waals surface area contributed by atoms with E-state index in [-0.39, 0.29) is 12.8 Å². The van der Waals surface area contributed by atoms with Crippen LogP contribution in [-0.4, -0.2) is 138 Å². The van der Waals surface area contributed by atoms with Crippen molar-refractivity contribution in [1.82, 2.24) is 0 Å². The van der Waals surface area contributed by atoms with Crippen LogP contribution < -0.4 is 0 Å². The molecule has 12 heteroatoms. The Hall–Kier alpha value is -2.92. The molecule has 0 amide bonds. The molecule has 1 saturated carbocycles. The van der Waals surface area contributed by atoms with Crippen LogP contribution in [0, 0.1) is 23.7 Å². The van der Waals surface area contributed by atoms with E-state index in [1.807, 2.05) is 24.3 Å². The summed E-state index contributed by atoms with van der Waals surface area (Å²) in [6, 6.07) is 11.0. The van der Waals surface area contributed by atoms with Gasteiger partial charge in [0.25, 0.3) is 0 Å². The van der Waals surface area contributed by atoms with E-state index >= 15 is 0 Å². The number of benzene rings is 2. The van der Waals surface area contributed by atoms with Gasteiger partial charge in [-0.15, -0.1) is 0 Å². The Kier molecular flexibility index (Phi) is 8.80. The van der Waals surface area contributed by atoms with Crippen LogP contribution >= 0.6 is 0 Å². The smallest absolute Gasteiger partial charge is 0.147 e. The maximum absolute atomic E-state index is 10.7. The number of hydrogen-bond donors (Lipinski definition) is 10. The second-order valence-corrected chi connectivity index (χ2v) is 12.2. The highest BCUT2D eigenvalue weighted by atomic mass is 16.5. The number of ether oxygens (including phenoxy) is 2. The zero-order valence-electron chi connectivity index (χ0n) is 24.0. The summed E-state index contributed by atoms with van der Waals surface area (Å²) in [5.41, 5.74) is 3.69. The number of rotatable bonds is 2. The van der Waals surface area contributed by atoms with Gasteiger partial charge in [-0.1, -0.05) is 35.8 Å². The van der Waals surface area contributed by atoms with E-state index in [1.165, 1.54) is 0 Å². The van der Waals surface area contributed by atoms with E-state index in [4.69, 9.17) is 9.47 Å². The lowest BCUT2D eigenvalue weighted by Gasteiger charge is -2.37. The summed E-state index contributed by atoms with van der Waals surface area (Å²) in [4.78, 5) is 0. The lowest BCUT2D eigenvalue weighted by atomic mass is 9.76. The minimum absolute atomic E-state index is 0.224. The van der Waals surface area contributed by atoms with Gasteiger partial charge in [0, 0.05) is 16.5 Å². The first kappa shape index (κ1) is 32.0. The molecule has 10 unspecified atom stereocenters. The zero-order chi connectivity index (χ0) is 32.2. The summed E-state index contributed by atoms with van der Waals surface area (Å²) in [5.74, 6) is 11.5. The molecule has 12 atom stereocenters. The highest BCUT2D eigenvalue weighted by molar-refractivity contribution is 5.83. The van der Waals surface area contributed by atoms with E-state index in [9.17, 15) is 51.1 Å². The predicted octanol–water partition coefficient (Wildman–Crippen LogP) is -3.14. The number of fused-ring (bicyclic) bond motifs is 5. The molecule has 2 aromatic rings. The van der Waals surface area contributed by atoms with Crippen molar-refractivity contribution in [1.29, 1.82) is 0 Å². The van der Waals surface area contributed by atoms with Crippen LogP contribution in [-0.2, 0) is 14.9 Å². The monoisotopic (exact) mass is 624 g/mol. The molecule has 2 aliphatic heterocycles. The fraction of sp³-hybridized carbons (Fsp3) is 0.515. The molecule has 0 bridgehead atoms. The third-order valence-electron chi connectivity index (χ3n) is 9.42. The molecule has 2 aromatic carbocycles. The molecule has 0 aromatic heterocycles. The van der Waals surface area contributed by atoms with Crippen LogP contribution in [0.15, 0.2) is 36.4 Å². The van der Waals surface area contributed by atoms with Crippen molar-refractivity contribution in [2.24, 2.45) is 0 Å². The van der Waals surface area contributed by atoms with Crippen molar-refractivity contribution < 1.29 is 60.5 Å². The molecule has 12 nitrogen and oxygen atoms in total. The van der Waals surface area contributed by atoms with E-state index < -0.39 is 91.9 Å². The summed E-state index contributed by atoms with van der Waals surface area (Å²) in [5, 5.41) is 101. The van der Waals surface area contributed by atoms with Gasteiger partial charge in [-0.2, -0.15) is 0 Å². The van der Waals surface area contributed by atoms with Crippen molar-refractivity contribution in [2.75, 3.05) is 13.2 Å². The molecule has 240 valence electrons. The fourth-order valence-corrected chi connectivity index (χ4v) is 6.91. The molecule has 3 fully saturated rings. The summed E-state index contributed by atoms with van der Waals surface area (Å²) >= 11 is 0. The first-order valence-corrected chi connectivity index (χ1v) is 14.8. The van der Waals surface area contributed by atoms with Crippen molar-refractivity contribution in [3.8, 4) is 34.8 Å². The van der Waals surface area contributed by atoms with E-state index in [2.05, 4.69) is 23.7 Å². The Morgan fingerprint density at radius 1 is 0.578 bits per heavy atom. The van der Waals surface area contributed by atoms with Gasteiger partial charge in [0.05, 0.1) is 25.4 Å². The quantitative estimate of drug-likeness (QED) is 0.150. The summed E-state index contributed by atoms with van der Waals surface area (Å²) in [6.45, 7) is -1.13. The van der Waals surface area contributed by atoms with Gasteiger partial charge in [-0.3, -0.25) is 0 Å². The third kappa shape index (κ3) is 5.47. The average Bonchev–Trinajstić information content (AvgIpc) is 3.49. The first-order valence-electron chi connectivity index (χ1n) is 14.8. The van der Waals surface area contributed by atoms with Crippen LogP contribution in [0.4, 0.5) is 0 Å². The van der Waals surface area contributed by atoms with Gasteiger partial charge < -0.3 is 60.5 Å². The second-order valence-electron chi connectivity index (χ2n) is 12.2. The molecule has 2 heterocycles. The molecule has 45 heavy (non-hydrogen) atoms. The average molecular weight is 625 g/mol. The number of aliphatic hydroxyl groups excluding tert-OH is 10. The Balaban J connectivity index is 1.33. The lowest BCUT2D eigenvalue weighted by molar-refractivity contribution is -0.214. The standard InChI is InChI=1S/C33H36O12/c34-13-25-29(40)31(42)27(38)23(44-25)7-3-15-1-5-17-18-6-2-16(4-8-24-28(39)32(43)30(41)26(14-35)45-24)10-20(18)33(19(17)9-15)11-21(36)22(37)12-33/h1-2,5-6,9-10,21-32,34-43H,11-14H2/t21?,22?,23?,24?,25?,26?,27?,28?,29-,30-,31?,32?,33?/m1/s1. The van der Waals surface area contributed by atoms with Gasteiger partial charge in [-0.05, 0) is 59.4 Å². The van der Waals surface area contributed by atoms with Crippen LogP contribution in [0.1, 0.15) is 35.1 Å². The second kappa shape index (κ2) is 12.4. The van der Waals surface area contributed by atoms with Gasteiger partial charge in [0.15, 0.2) is 0 Å². The van der Waals surface area contributed by atoms with E-state index in [1.54, 1.807) is 12.1 Å².